The Bertz CT molecular complexity index is 540. The summed E-state index contributed by atoms with van der Waals surface area (Å²) in [6.07, 6.45) is 0.268. The summed E-state index contributed by atoms with van der Waals surface area (Å²) in [4.78, 5) is 25.8. The lowest BCUT2D eigenvalue weighted by molar-refractivity contribution is -0.113. The van der Waals surface area contributed by atoms with Crippen LogP contribution in [-0.2, 0) is 11.2 Å². The summed E-state index contributed by atoms with van der Waals surface area (Å²) < 4.78 is 5.30. The maximum absolute atomic E-state index is 11.3. The number of carbonyl (C=O) groups excluding carboxylic acids is 2. The molecular formula is C12H11ClN2O3. The number of nitrogens with zero attached hydrogens (tertiary/aromatic N) is 1. The molecule has 0 aromatic heterocycles. The fourth-order valence-electron chi connectivity index (χ4n) is 1.61. The van der Waals surface area contributed by atoms with E-state index >= 15 is 0 Å². The van der Waals surface area contributed by atoms with Gasteiger partial charge in [0.05, 0.1) is 11.6 Å². The number of ether oxygens (including phenoxy) is 1. The lowest BCUT2D eigenvalue weighted by Crippen LogP contribution is -2.26. The minimum atomic E-state index is -0.618. The molecule has 0 atom stereocenters. The van der Waals surface area contributed by atoms with Crippen molar-refractivity contribution in [3.63, 3.8) is 0 Å². The van der Waals surface area contributed by atoms with Gasteiger partial charge in [-0.2, -0.15) is 4.99 Å². The van der Waals surface area contributed by atoms with Crippen molar-refractivity contribution in [3.8, 4) is 5.75 Å². The second-order valence-corrected chi connectivity index (χ2v) is 4.10. The molecule has 1 aliphatic rings. The van der Waals surface area contributed by atoms with Crippen LogP contribution in [0.1, 0.15) is 12.5 Å². The van der Waals surface area contributed by atoms with Gasteiger partial charge >= 0.3 is 6.03 Å². The predicted octanol–water partition coefficient (Wildman–Crippen LogP) is 1.97. The van der Waals surface area contributed by atoms with Gasteiger partial charge in [-0.1, -0.05) is 17.7 Å². The Hall–Kier alpha value is -1.88. The SMILES string of the molecule is CCOc1ccc(CC2=NC(=O)NC2=O)cc1Cl. The third-order valence-corrected chi connectivity index (χ3v) is 2.68. The van der Waals surface area contributed by atoms with Gasteiger partial charge in [-0.25, -0.2) is 4.79 Å². The maximum Gasteiger partial charge on any atom is 0.348 e. The standard InChI is InChI=1S/C12H11ClN2O3/c1-2-18-10-4-3-7(5-8(10)13)6-9-11(16)15-12(17)14-9/h3-5H,2,6H2,1H3,(H,15,16,17). The molecule has 1 N–H and O–H groups in total. The summed E-state index contributed by atoms with van der Waals surface area (Å²) in [6, 6.07) is 4.60. The van der Waals surface area contributed by atoms with Crippen molar-refractivity contribution in [1.29, 1.82) is 0 Å². The summed E-state index contributed by atoms with van der Waals surface area (Å²) in [6.45, 7) is 2.40. The van der Waals surface area contributed by atoms with Gasteiger partial charge in [-0.3, -0.25) is 10.1 Å². The smallest absolute Gasteiger partial charge is 0.348 e. The molecule has 94 valence electrons. The van der Waals surface area contributed by atoms with Crippen molar-refractivity contribution in [2.45, 2.75) is 13.3 Å². The number of hydrogen-bond acceptors (Lipinski definition) is 3. The van der Waals surface area contributed by atoms with Gasteiger partial charge in [0, 0.05) is 6.42 Å². The van der Waals surface area contributed by atoms with E-state index in [9.17, 15) is 9.59 Å². The number of benzene rings is 1. The van der Waals surface area contributed by atoms with Crippen LogP contribution in [0.3, 0.4) is 0 Å². The van der Waals surface area contributed by atoms with E-state index in [2.05, 4.69) is 10.3 Å². The Kier molecular flexibility index (Phi) is 3.62. The van der Waals surface area contributed by atoms with Crippen molar-refractivity contribution in [3.05, 3.63) is 28.8 Å². The number of urea groups is 1. The van der Waals surface area contributed by atoms with E-state index in [4.69, 9.17) is 16.3 Å². The van der Waals surface area contributed by atoms with E-state index in [1.165, 1.54) is 0 Å². The van der Waals surface area contributed by atoms with Gasteiger partial charge in [-0.05, 0) is 24.6 Å². The van der Waals surface area contributed by atoms with E-state index < -0.39 is 11.9 Å². The Morgan fingerprint density at radius 1 is 1.39 bits per heavy atom. The van der Waals surface area contributed by atoms with Crippen molar-refractivity contribution in [1.82, 2.24) is 5.32 Å². The van der Waals surface area contributed by atoms with Crippen LogP contribution in [0.25, 0.3) is 0 Å². The summed E-state index contributed by atoms with van der Waals surface area (Å²) in [5, 5.41) is 2.57. The third-order valence-electron chi connectivity index (χ3n) is 2.39. The molecule has 0 aliphatic carbocycles. The number of nitrogens with one attached hydrogen (secondary N) is 1. The topological polar surface area (TPSA) is 67.8 Å². The van der Waals surface area contributed by atoms with E-state index in [1.54, 1.807) is 18.2 Å². The molecule has 0 fully saturated rings. The molecule has 0 bridgehead atoms. The first-order chi connectivity index (χ1) is 8.60. The number of amides is 3. The number of imide groups is 1. The Balaban J connectivity index is 2.16. The Morgan fingerprint density at radius 3 is 2.72 bits per heavy atom. The number of halogens is 1. The summed E-state index contributed by atoms with van der Waals surface area (Å²) >= 11 is 6.03. The molecule has 5 nitrogen and oxygen atoms in total. The van der Waals surface area contributed by atoms with Crippen molar-refractivity contribution >= 4 is 29.3 Å². The van der Waals surface area contributed by atoms with Gasteiger partial charge in [0.15, 0.2) is 0 Å². The molecule has 0 saturated heterocycles. The van der Waals surface area contributed by atoms with Crippen LogP contribution in [0.15, 0.2) is 23.2 Å². The maximum atomic E-state index is 11.3. The van der Waals surface area contributed by atoms with E-state index in [1.807, 2.05) is 6.92 Å². The molecule has 0 saturated carbocycles. The van der Waals surface area contributed by atoms with Crippen LogP contribution < -0.4 is 10.1 Å². The number of carbonyl (C=O) groups is 2. The lowest BCUT2D eigenvalue weighted by atomic mass is 10.1. The van der Waals surface area contributed by atoms with Crippen molar-refractivity contribution in [2.24, 2.45) is 4.99 Å². The number of hydrogen-bond donors (Lipinski definition) is 1. The van der Waals surface area contributed by atoms with Gasteiger partial charge in [0.2, 0.25) is 0 Å². The summed E-state index contributed by atoms with van der Waals surface area (Å²) in [5.74, 6) is 0.141. The molecule has 0 unspecified atom stereocenters. The Morgan fingerprint density at radius 2 is 2.17 bits per heavy atom. The minimum Gasteiger partial charge on any atom is -0.492 e. The molecule has 1 heterocycles. The van der Waals surface area contributed by atoms with Crippen LogP contribution in [0.4, 0.5) is 4.79 Å². The second-order valence-electron chi connectivity index (χ2n) is 3.69. The molecule has 3 amide bonds. The van der Waals surface area contributed by atoms with Gasteiger partial charge in [-0.15, -0.1) is 0 Å². The van der Waals surface area contributed by atoms with E-state index in [0.717, 1.165) is 5.56 Å². The normalized spacial score (nSPS) is 14.4. The summed E-state index contributed by atoms with van der Waals surface area (Å²) in [7, 11) is 0. The fraction of sp³-hybridized carbons (Fsp3) is 0.250. The van der Waals surface area contributed by atoms with Gasteiger partial charge < -0.3 is 4.74 Å². The van der Waals surface area contributed by atoms with E-state index in [0.29, 0.717) is 17.4 Å². The average Bonchev–Trinajstić information content (AvgIpc) is 2.61. The molecule has 0 spiro atoms. The van der Waals surface area contributed by atoms with E-state index in [-0.39, 0.29) is 12.1 Å². The first-order valence-corrected chi connectivity index (χ1v) is 5.82. The van der Waals surface area contributed by atoms with Gasteiger partial charge in [0.25, 0.3) is 5.91 Å². The molecule has 1 aliphatic heterocycles. The molecule has 6 heteroatoms. The zero-order chi connectivity index (χ0) is 13.1. The average molecular weight is 267 g/mol. The summed E-state index contributed by atoms with van der Waals surface area (Å²) in [5.41, 5.74) is 0.993. The first-order valence-electron chi connectivity index (χ1n) is 5.44. The highest BCUT2D eigenvalue weighted by Gasteiger charge is 2.22. The predicted molar refractivity (Wildman–Crippen MR) is 67.3 cm³/mol. The second kappa shape index (κ2) is 5.18. The van der Waals surface area contributed by atoms with Crippen LogP contribution in [0.2, 0.25) is 5.02 Å². The zero-order valence-corrected chi connectivity index (χ0v) is 10.5. The lowest BCUT2D eigenvalue weighted by Gasteiger charge is -2.07. The molecule has 1 aromatic rings. The van der Waals surface area contributed by atoms with Crippen molar-refractivity contribution in [2.75, 3.05) is 6.61 Å². The minimum absolute atomic E-state index is 0.195. The largest absolute Gasteiger partial charge is 0.492 e. The Labute approximate surface area is 109 Å². The molecule has 18 heavy (non-hydrogen) atoms. The molecule has 1 aromatic carbocycles. The molecule has 0 radical (unpaired) electrons. The first kappa shape index (κ1) is 12.6. The highest BCUT2D eigenvalue weighted by molar-refractivity contribution is 6.46. The molecule has 2 rings (SSSR count). The third kappa shape index (κ3) is 2.68. The number of rotatable bonds is 4. The highest BCUT2D eigenvalue weighted by Crippen LogP contribution is 2.25. The van der Waals surface area contributed by atoms with Crippen LogP contribution in [0.5, 0.6) is 5.75 Å². The fourth-order valence-corrected chi connectivity index (χ4v) is 1.87. The monoisotopic (exact) mass is 266 g/mol. The van der Waals surface area contributed by atoms with Crippen LogP contribution in [-0.4, -0.2) is 24.3 Å². The quantitative estimate of drug-likeness (QED) is 0.906. The zero-order valence-electron chi connectivity index (χ0n) is 9.70. The molecular weight excluding hydrogens is 256 g/mol. The van der Waals surface area contributed by atoms with Crippen molar-refractivity contribution < 1.29 is 14.3 Å². The van der Waals surface area contributed by atoms with Gasteiger partial charge in [0.1, 0.15) is 11.5 Å². The van der Waals surface area contributed by atoms with Crippen LogP contribution >= 0.6 is 11.6 Å². The number of aliphatic imine (C=N–C) groups is 1. The highest BCUT2D eigenvalue weighted by atomic mass is 35.5. The van der Waals surface area contributed by atoms with Crippen LogP contribution in [0, 0.1) is 0 Å².